The Balaban J connectivity index is 1.90. The topological polar surface area (TPSA) is 54.3 Å². The lowest BCUT2D eigenvalue weighted by molar-refractivity contribution is -0.110. The molecular weight excluding hydrogens is 386 g/mol. The van der Waals surface area contributed by atoms with E-state index in [1.807, 2.05) is 35.8 Å². The van der Waals surface area contributed by atoms with Crippen molar-refractivity contribution in [3.63, 3.8) is 0 Å². The largest absolute Gasteiger partial charge is 0.356 e. The number of aromatic nitrogens is 1. The van der Waals surface area contributed by atoms with E-state index >= 15 is 0 Å². The van der Waals surface area contributed by atoms with Gasteiger partial charge in [0.1, 0.15) is 0 Å². The predicted molar refractivity (Wildman–Crippen MR) is 119 cm³/mol. The molecule has 0 bridgehead atoms. The predicted octanol–water partition coefficient (Wildman–Crippen LogP) is 4.12. The van der Waals surface area contributed by atoms with Crippen LogP contribution in [0.25, 0.3) is 17.8 Å². The highest BCUT2D eigenvalue weighted by Crippen LogP contribution is 2.30. The van der Waals surface area contributed by atoms with Crippen LogP contribution < -0.4 is 5.32 Å². The van der Waals surface area contributed by atoms with Crippen LogP contribution in [0.5, 0.6) is 0 Å². The number of halogens is 1. The number of hydrogen-bond donors (Lipinski definition) is 1. The van der Waals surface area contributed by atoms with E-state index in [4.69, 9.17) is 11.6 Å². The van der Waals surface area contributed by atoms with E-state index in [0.717, 1.165) is 55.0 Å². The lowest BCUT2D eigenvalue weighted by atomic mass is 10.0. The summed E-state index contributed by atoms with van der Waals surface area (Å²) in [6.45, 7) is 11.7. The molecule has 1 aliphatic heterocycles. The number of rotatable bonds is 8. The lowest BCUT2D eigenvalue weighted by Crippen LogP contribution is -2.43. The molecule has 1 saturated heterocycles. The highest BCUT2D eigenvalue weighted by atomic mass is 35.5. The molecule has 3 rings (SSSR count). The van der Waals surface area contributed by atoms with Gasteiger partial charge in [0.15, 0.2) is 5.78 Å². The molecule has 29 heavy (non-hydrogen) atoms. The Hall–Kier alpha value is -2.63. The van der Waals surface area contributed by atoms with Crippen molar-refractivity contribution in [2.75, 3.05) is 19.6 Å². The van der Waals surface area contributed by atoms with E-state index in [1.54, 1.807) is 12.2 Å². The molecule has 1 aromatic heterocycles. The normalized spacial score (nSPS) is 15.1. The SMILES string of the molecule is C=Cc1c(C(=O)CN2CCC(NC=O)CC2)c(C)n(-c2ccc(Cl)cc2)c1C=C. The summed E-state index contributed by atoms with van der Waals surface area (Å²) < 4.78 is 2.02. The van der Waals surface area contributed by atoms with Gasteiger partial charge in [-0.25, -0.2) is 0 Å². The van der Waals surface area contributed by atoms with Crippen LogP contribution in [0.2, 0.25) is 5.02 Å². The standard InChI is InChI=1S/C23H26ClN3O2/c1-4-20-21(5-2)27(19-8-6-17(24)7-9-19)16(3)23(20)22(29)14-26-12-10-18(11-13-26)25-15-28/h4-9,15,18H,1-2,10-14H2,3H3,(H,25,28). The van der Waals surface area contributed by atoms with Crippen LogP contribution in [0.1, 0.15) is 40.2 Å². The number of carbonyl (C=O) groups is 2. The summed E-state index contributed by atoms with van der Waals surface area (Å²) >= 11 is 6.04. The summed E-state index contributed by atoms with van der Waals surface area (Å²) in [5.41, 5.74) is 4.11. The monoisotopic (exact) mass is 411 g/mol. The van der Waals surface area contributed by atoms with E-state index in [-0.39, 0.29) is 11.8 Å². The number of Topliss-reactive ketones (excluding diaryl/α,β-unsaturated/α-hetero) is 1. The van der Waals surface area contributed by atoms with Crippen LogP contribution in [0.15, 0.2) is 37.4 Å². The van der Waals surface area contributed by atoms with Gasteiger partial charge in [-0.2, -0.15) is 0 Å². The van der Waals surface area contributed by atoms with Gasteiger partial charge in [-0.3, -0.25) is 14.5 Å². The van der Waals surface area contributed by atoms with Crippen molar-refractivity contribution in [2.45, 2.75) is 25.8 Å². The van der Waals surface area contributed by atoms with Crippen molar-refractivity contribution >= 4 is 35.9 Å². The molecule has 1 aromatic carbocycles. The van der Waals surface area contributed by atoms with Gasteiger partial charge in [0.2, 0.25) is 6.41 Å². The van der Waals surface area contributed by atoms with Crippen LogP contribution >= 0.6 is 11.6 Å². The third-order valence-electron chi connectivity index (χ3n) is 5.50. The first-order chi connectivity index (χ1) is 14.0. The Morgan fingerprint density at radius 2 is 1.86 bits per heavy atom. The number of carbonyl (C=O) groups excluding carboxylic acids is 2. The number of ketones is 1. The summed E-state index contributed by atoms with van der Waals surface area (Å²) in [5, 5.41) is 3.49. The Bertz CT molecular complexity index is 923. The molecule has 152 valence electrons. The highest BCUT2D eigenvalue weighted by molar-refractivity contribution is 6.30. The molecule has 2 heterocycles. The van der Waals surface area contributed by atoms with Crippen LogP contribution in [0.3, 0.4) is 0 Å². The Morgan fingerprint density at radius 3 is 2.41 bits per heavy atom. The second-order valence-electron chi connectivity index (χ2n) is 7.24. The quantitative estimate of drug-likeness (QED) is 0.525. The maximum absolute atomic E-state index is 13.3. The minimum Gasteiger partial charge on any atom is -0.356 e. The van der Waals surface area contributed by atoms with Crippen LogP contribution in [0.4, 0.5) is 0 Å². The van der Waals surface area contributed by atoms with Crippen LogP contribution in [-0.2, 0) is 4.79 Å². The molecule has 1 amide bonds. The van der Waals surface area contributed by atoms with Crippen LogP contribution in [-0.4, -0.2) is 47.3 Å². The molecule has 0 spiro atoms. The molecule has 0 radical (unpaired) electrons. The van der Waals surface area contributed by atoms with Gasteiger partial charge in [-0.1, -0.05) is 30.8 Å². The van der Waals surface area contributed by atoms with Gasteiger partial charge in [0, 0.05) is 46.7 Å². The zero-order valence-corrected chi connectivity index (χ0v) is 17.4. The molecule has 1 N–H and O–H groups in total. The maximum Gasteiger partial charge on any atom is 0.207 e. The van der Waals surface area contributed by atoms with E-state index in [9.17, 15) is 9.59 Å². The first-order valence-electron chi connectivity index (χ1n) is 9.71. The third kappa shape index (κ3) is 4.36. The van der Waals surface area contributed by atoms with Crippen LogP contribution in [0, 0.1) is 6.92 Å². The van der Waals surface area contributed by atoms with Gasteiger partial charge in [0.25, 0.3) is 0 Å². The minimum atomic E-state index is 0.0648. The molecule has 5 nitrogen and oxygen atoms in total. The minimum absolute atomic E-state index is 0.0648. The summed E-state index contributed by atoms with van der Waals surface area (Å²) in [5.74, 6) is 0.0648. The number of nitrogens with zero attached hydrogens (tertiary/aromatic N) is 2. The summed E-state index contributed by atoms with van der Waals surface area (Å²) in [6.07, 6.45) is 5.93. The van der Waals surface area contributed by atoms with Gasteiger partial charge in [-0.15, -0.1) is 0 Å². The number of hydrogen-bond acceptors (Lipinski definition) is 3. The fraction of sp³-hybridized carbons (Fsp3) is 0.304. The van der Waals surface area contributed by atoms with Gasteiger partial charge < -0.3 is 9.88 Å². The van der Waals surface area contributed by atoms with Crippen molar-refractivity contribution in [1.82, 2.24) is 14.8 Å². The van der Waals surface area contributed by atoms with Crippen molar-refractivity contribution in [1.29, 1.82) is 0 Å². The summed E-state index contributed by atoms with van der Waals surface area (Å²) in [7, 11) is 0. The van der Waals surface area contributed by atoms with E-state index < -0.39 is 0 Å². The number of likely N-dealkylation sites (tertiary alicyclic amines) is 1. The molecule has 0 atom stereocenters. The number of nitrogens with one attached hydrogen (secondary N) is 1. The Morgan fingerprint density at radius 1 is 1.21 bits per heavy atom. The van der Waals surface area contributed by atoms with E-state index in [0.29, 0.717) is 17.1 Å². The molecule has 1 fully saturated rings. The van der Waals surface area contributed by atoms with Crippen molar-refractivity contribution in [3.05, 3.63) is 65.0 Å². The van der Waals surface area contributed by atoms with E-state index in [1.165, 1.54) is 0 Å². The number of piperidine rings is 1. The Kier molecular flexibility index (Phi) is 6.72. The van der Waals surface area contributed by atoms with Gasteiger partial charge >= 0.3 is 0 Å². The fourth-order valence-electron chi connectivity index (χ4n) is 4.05. The summed E-state index contributed by atoms with van der Waals surface area (Å²) in [6, 6.07) is 7.70. The van der Waals surface area contributed by atoms with Crippen molar-refractivity contribution in [3.8, 4) is 5.69 Å². The highest BCUT2D eigenvalue weighted by Gasteiger charge is 2.26. The molecular formula is C23H26ClN3O2. The first kappa shape index (κ1) is 21.1. The molecule has 1 aliphatic rings. The maximum atomic E-state index is 13.3. The lowest BCUT2D eigenvalue weighted by Gasteiger charge is -2.31. The number of amides is 1. The van der Waals surface area contributed by atoms with E-state index in [2.05, 4.69) is 23.4 Å². The molecule has 2 aromatic rings. The second-order valence-corrected chi connectivity index (χ2v) is 7.67. The zero-order valence-electron chi connectivity index (χ0n) is 16.7. The van der Waals surface area contributed by atoms with Crippen molar-refractivity contribution < 1.29 is 9.59 Å². The van der Waals surface area contributed by atoms with Crippen molar-refractivity contribution in [2.24, 2.45) is 0 Å². The number of benzene rings is 1. The molecule has 0 aliphatic carbocycles. The molecule has 0 saturated carbocycles. The zero-order chi connectivity index (χ0) is 21.0. The van der Waals surface area contributed by atoms with Gasteiger partial charge in [0.05, 0.1) is 12.2 Å². The smallest absolute Gasteiger partial charge is 0.207 e. The van der Waals surface area contributed by atoms with Gasteiger partial charge in [-0.05, 0) is 50.1 Å². The second kappa shape index (κ2) is 9.25. The summed E-state index contributed by atoms with van der Waals surface area (Å²) in [4.78, 5) is 26.0. The Labute approximate surface area is 176 Å². The average molecular weight is 412 g/mol. The molecule has 6 heteroatoms. The third-order valence-corrected chi connectivity index (χ3v) is 5.76. The molecule has 0 unspecified atom stereocenters. The average Bonchev–Trinajstić information content (AvgIpc) is 3.01. The fourth-order valence-corrected chi connectivity index (χ4v) is 4.18. The first-order valence-corrected chi connectivity index (χ1v) is 10.1.